The minimum atomic E-state index is -0.626. The smallest absolute Gasteiger partial charge is 0.322 e. The summed E-state index contributed by atoms with van der Waals surface area (Å²) in [4.78, 5) is 23.4. The first kappa shape index (κ1) is 19.6. The van der Waals surface area contributed by atoms with E-state index in [9.17, 15) is 14.8 Å². The molecule has 26 heavy (non-hydrogen) atoms. The minimum absolute atomic E-state index is 0.116. The normalized spacial score (nSPS) is 10.6. The third-order valence-corrected chi connectivity index (χ3v) is 3.66. The fourth-order valence-corrected chi connectivity index (χ4v) is 2.14. The maximum atomic E-state index is 11.7. The van der Waals surface area contributed by atoms with Crippen LogP contribution in [0.3, 0.4) is 0 Å². The fraction of sp³-hybridized carbons (Fsp3) is 0.300. The van der Waals surface area contributed by atoms with E-state index in [1.54, 1.807) is 0 Å². The Morgan fingerprint density at radius 1 is 0.769 bits per heavy atom. The Kier molecular flexibility index (Phi) is 7.32. The Morgan fingerprint density at radius 3 is 1.46 bits per heavy atom. The van der Waals surface area contributed by atoms with Gasteiger partial charge in [0, 0.05) is 0 Å². The molecule has 0 radical (unpaired) electrons. The zero-order valence-electron chi connectivity index (χ0n) is 15.0. The van der Waals surface area contributed by atoms with Gasteiger partial charge in [-0.1, -0.05) is 59.7 Å². The average molecular weight is 357 g/mol. The van der Waals surface area contributed by atoms with E-state index < -0.39 is 25.0 Å². The quantitative estimate of drug-likeness (QED) is 0.578. The van der Waals surface area contributed by atoms with Gasteiger partial charge in [-0.15, -0.1) is 0 Å². The van der Waals surface area contributed by atoms with Gasteiger partial charge in [0.15, 0.2) is 0 Å². The molecule has 0 atom stereocenters. The number of esters is 2. The molecule has 2 aromatic rings. The van der Waals surface area contributed by atoms with E-state index in [4.69, 9.17) is 9.47 Å². The predicted octanol–water partition coefficient (Wildman–Crippen LogP) is 2.78. The Balaban J connectivity index is 1.67. The average Bonchev–Trinajstić information content (AvgIpc) is 2.60. The number of carbonyl (C=O) groups is 2. The lowest BCUT2D eigenvalue weighted by atomic mass is 10.2. The second-order valence-corrected chi connectivity index (χ2v) is 6.12. The number of rotatable bonds is 8. The molecule has 0 amide bonds. The van der Waals surface area contributed by atoms with Crippen LogP contribution in [0, 0.1) is 13.8 Å². The molecule has 0 spiro atoms. The summed E-state index contributed by atoms with van der Waals surface area (Å²) in [5.41, 5.74) is 3.94. The van der Waals surface area contributed by atoms with Gasteiger partial charge in [-0.25, -0.2) is 0 Å². The molecule has 0 aliphatic carbocycles. The molecule has 0 aliphatic rings. The highest BCUT2D eigenvalue weighted by molar-refractivity contribution is 5.74. The summed E-state index contributed by atoms with van der Waals surface area (Å²) >= 11 is 0. The van der Waals surface area contributed by atoms with Gasteiger partial charge in [0.05, 0.1) is 0 Å². The second-order valence-electron chi connectivity index (χ2n) is 6.12. The fourth-order valence-electron chi connectivity index (χ4n) is 2.14. The van der Waals surface area contributed by atoms with Gasteiger partial charge in [0.2, 0.25) is 0 Å². The van der Waals surface area contributed by atoms with Crippen molar-refractivity contribution in [1.29, 1.82) is 0 Å². The number of carbonyl (C=O) groups excluding carboxylic acids is 2. The van der Waals surface area contributed by atoms with Crippen molar-refractivity contribution >= 4 is 11.9 Å². The van der Waals surface area contributed by atoms with Crippen LogP contribution in [-0.2, 0) is 32.3 Å². The third kappa shape index (κ3) is 7.04. The zero-order chi connectivity index (χ0) is 18.9. The first-order valence-corrected chi connectivity index (χ1v) is 8.28. The maximum absolute atomic E-state index is 11.7. The van der Waals surface area contributed by atoms with Crippen LogP contribution in [0.4, 0.5) is 0 Å². The number of hydrogen-bond donors (Lipinski definition) is 1. The van der Waals surface area contributed by atoms with Crippen LogP contribution < -0.4 is 0 Å². The number of hydroxylamine groups is 2. The minimum Gasteiger partial charge on any atom is -0.460 e. The summed E-state index contributed by atoms with van der Waals surface area (Å²) < 4.78 is 10.1. The zero-order valence-corrected chi connectivity index (χ0v) is 15.0. The van der Waals surface area contributed by atoms with Crippen molar-refractivity contribution in [2.24, 2.45) is 0 Å². The van der Waals surface area contributed by atoms with Gasteiger partial charge in [-0.2, -0.15) is 5.06 Å². The van der Waals surface area contributed by atoms with Crippen LogP contribution in [0.2, 0.25) is 0 Å². The number of benzene rings is 2. The van der Waals surface area contributed by atoms with Crippen molar-refractivity contribution in [1.82, 2.24) is 5.06 Å². The number of hydrogen-bond acceptors (Lipinski definition) is 6. The molecule has 0 aliphatic heterocycles. The Labute approximate surface area is 152 Å². The SMILES string of the molecule is Cc1ccc(COC(=O)CN(O)CC(=O)OCc2ccc(C)cc2)cc1. The van der Waals surface area contributed by atoms with E-state index in [0.29, 0.717) is 5.06 Å². The van der Waals surface area contributed by atoms with Crippen LogP contribution in [0.25, 0.3) is 0 Å². The molecule has 0 saturated heterocycles. The topological polar surface area (TPSA) is 76.1 Å². The highest BCUT2D eigenvalue weighted by Crippen LogP contribution is 2.06. The Bertz CT molecular complexity index is 661. The number of nitrogens with zero attached hydrogens (tertiary/aromatic N) is 1. The van der Waals surface area contributed by atoms with E-state index in [0.717, 1.165) is 22.3 Å². The molecule has 2 aromatic carbocycles. The van der Waals surface area contributed by atoms with Crippen molar-refractivity contribution in [2.45, 2.75) is 27.1 Å². The molecule has 6 heteroatoms. The maximum Gasteiger partial charge on any atom is 0.322 e. The van der Waals surface area contributed by atoms with Gasteiger partial charge >= 0.3 is 11.9 Å². The molecule has 0 heterocycles. The molecule has 0 bridgehead atoms. The molecular weight excluding hydrogens is 334 g/mol. The molecule has 0 unspecified atom stereocenters. The summed E-state index contributed by atoms with van der Waals surface area (Å²) in [6, 6.07) is 15.1. The highest BCUT2D eigenvalue weighted by atomic mass is 16.6. The molecule has 6 nitrogen and oxygen atoms in total. The van der Waals surface area contributed by atoms with Crippen LogP contribution in [-0.4, -0.2) is 35.3 Å². The molecule has 138 valence electrons. The van der Waals surface area contributed by atoms with E-state index in [1.807, 2.05) is 62.4 Å². The van der Waals surface area contributed by atoms with Gasteiger partial charge in [0.1, 0.15) is 26.3 Å². The molecule has 1 N–H and O–H groups in total. The van der Waals surface area contributed by atoms with Crippen LogP contribution in [0.5, 0.6) is 0 Å². The first-order valence-electron chi connectivity index (χ1n) is 8.28. The Morgan fingerprint density at radius 2 is 1.12 bits per heavy atom. The lowest BCUT2D eigenvalue weighted by Gasteiger charge is -2.13. The van der Waals surface area contributed by atoms with Crippen LogP contribution >= 0.6 is 0 Å². The van der Waals surface area contributed by atoms with Crippen LogP contribution in [0.15, 0.2) is 48.5 Å². The second kappa shape index (κ2) is 9.70. The van der Waals surface area contributed by atoms with E-state index in [1.165, 1.54) is 0 Å². The van der Waals surface area contributed by atoms with Crippen molar-refractivity contribution in [3.63, 3.8) is 0 Å². The van der Waals surface area contributed by atoms with E-state index in [-0.39, 0.29) is 13.2 Å². The largest absolute Gasteiger partial charge is 0.460 e. The lowest BCUT2D eigenvalue weighted by molar-refractivity contribution is -0.170. The van der Waals surface area contributed by atoms with Gasteiger partial charge < -0.3 is 14.7 Å². The molecule has 0 aromatic heterocycles. The molecule has 0 fully saturated rings. The van der Waals surface area contributed by atoms with Gasteiger partial charge in [0.25, 0.3) is 0 Å². The van der Waals surface area contributed by atoms with E-state index >= 15 is 0 Å². The summed E-state index contributed by atoms with van der Waals surface area (Å²) in [6.45, 7) is 3.35. The van der Waals surface area contributed by atoms with Gasteiger partial charge in [-0.3, -0.25) is 9.59 Å². The summed E-state index contributed by atoms with van der Waals surface area (Å²) in [5, 5.41) is 10.3. The van der Waals surface area contributed by atoms with Crippen molar-refractivity contribution in [2.75, 3.05) is 13.1 Å². The highest BCUT2D eigenvalue weighted by Gasteiger charge is 2.14. The van der Waals surface area contributed by atoms with E-state index in [2.05, 4.69) is 0 Å². The standard InChI is InChI=1S/C20H23NO5/c1-15-3-7-17(8-4-15)13-25-19(22)11-21(24)12-20(23)26-14-18-9-5-16(2)6-10-18/h3-10,24H,11-14H2,1-2H3. The summed E-state index contributed by atoms with van der Waals surface area (Å²) in [7, 11) is 0. The summed E-state index contributed by atoms with van der Waals surface area (Å²) in [6.07, 6.45) is 0. The van der Waals surface area contributed by atoms with Crippen molar-refractivity contribution < 1.29 is 24.3 Å². The van der Waals surface area contributed by atoms with Crippen LogP contribution in [0.1, 0.15) is 22.3 Å². The molecule has 0 saturated carbocycles. The van der Waals surface area contributed by atoms with Crippen molar-refractivity contribution in [3.8, 4) is 0 Å². The lowest BCUT2D eigenvalue weighted by Crippen LogP contribution is -2.33. The van der Waals surface area contributed by atoms with Crippen molar-refractivity contribution in [3.05, 3.63) is 70.8 Å². The predicted molar refractivity (Wildman–Crippen MR) is 95.3 cm³/mol. The molecule has 2 rings (SSSR count). The Hall–Kier alpha value is -2.70. The molecular formula is C20H23NO5. The summed E-state index contributed by atoms with van der Waals surface area (Å²) in [5.74, 6) is -1.25. The van der Waals surface area contributed by atoms with Gasteiger partial charge in [-0.05, 0) is 25.0 Å². The first-order chi connectivity index (χ1) is 12.4. The number of ether oxygens (including phenoxy) is 2. The third-order valence-electron chi connectivity index (χ3n) is 3.66. The monoisotopic (exact) mass is 357 g/mol. The number of aryl methyl sites for hydroxylation is 2.